The summed E-state index contributed by atoms with van der Waals surface area (Å²) in [5.41, 5.74) is 1.63. The molecule has 0 fully saturated rings. The molecule has 0 bridgehead atoms. The molecule has 0 atom stereocenters. The molecule has 3 aromatic rings. The van der Waals surface area contributed by atoms with Gasteiger partial charge in [-0.05, 0) is 23.6 Å². The summed E-state index contributed by atoms with van der Waals surface area (Å²) in [7, 11) is 0. The van der Waals surface area contributed by atoms with E-state index in [1.54, 1.807) is 23.7 Å². The second-order valence-corrected chi connectivity index (χ2v) is 5.92. The van der Waals surface area contributed by atoms with Crippen molar-refractivity contribution in [2.75, 3.05) is 0 Å². The van der Waals surface area contributed by atoms with Gasteiger partial charge in [0.25, 0.3) is 11.7 Å². The molecule has 3 rings (SSSR count). The fourth-order valence-electron chi connectivity index (χ4n) is 1.89. The van der Waals surface area contributed by atoms with Gasteiger partial charge in [-0.1, -0.05) is 12.1 Å². The second kappa shape index (κ2) is 8.45. The van der Waals surface area contributed by atoms with Crippen LogP contribution in [0.25, 0.3) is 5.65 Å². The number of hydrogen-bond donors (Lipinski definition) is 2. The van der Waals surface area contributed by atoms with E-state index < -0.39 is 23.8 Å². The number of carboxylic acid groups (broad SMARTS) is 1. The van der Waals surface area contributed by atoms with E-state index in [0.29, 0.717) is 4.88 Å². The average molecular weight is 399 g/mol. The van der Waals surface area contributed by atoms with Crippen LogP contribution in [-0.4, -0.2) is 38.3 Å². The minimum Gasteiger partial charge on any atom is -0.475 e. The highest BCUT2D eigenvalue weighted by Crippen LogP contribution is 2.13. The van der Waals surface area contributed by atoms with Gasteiger partial charge in [0.1, 0.15) is 5.65 Å². The Kier molecular flexibility index (Phi) is 6.29. The molecule has 3 heterocycles. The number of carbonyl (C=O) groups excluding carboxylic acids is 2. The summed E-state index contributed by atoms with van der Waals surface area (Å²) in [6, 6.07) is 9.04. The van der Waals surface area contributed by atoms with E-state index in [1.165, 1.54) is 11.3 Å². The number of carboxylic acids is 1. The van der Waals surface area contributed by atoms with Crippen molar-refractivity contribution in [3.8, 4) is 0 Å². The number of pyridine rings is 1. The topological polar surface area (TPSA) is 101 Å². The highest BCUT2D eigenvalue weighted by Gasteiger charge is 2.38. The zero-order valence-electron chi connectivity index (χ0n) is 13.4. The van der Waals surface area contributed by atoms with Crippen molar-refractivity contribution in [3.05, 3.63) is 58.7 Å². The van der Waals surface area contributed by atoms with E-state index >= 15 is 0 Å². The van der Waals surface area contributed by atoms with Crippen molar-refractivity contribution < 1.29 is 32.7 Å². The van der Waals surface area contributed by atoms with E-state index in [4.69, 9.17) is 9.90 Å². The summed E-state index contributed by atoms with van der Waals surface area (Å²) in [6.07, 6.45) is -1.53. The number of Topliss-reactive ketones (excluding diaryl/α,β-unsaturated/α-hetero) is 1. The Morgan fingerprint density at radius 1 is 1.19 bits per heavy atom. The summed E-state index contributed by atoms with van der Waals surface area (Å²) in [5.74, 6) is -3.86. The van der Waals surface area contributed by atoms with Gasteiger partial charge in [-0.2, -0.15) is 13.2 Å². The maximum Gasteiger partial charge on any atom is 0.490 e. The van der Waals surface area contributed by atoms with Crippen LogP contribution in [0, 0.1) is 0 Å². The quantitative estimate of drug-likeness (QED) is 0.519. The molecule has 2 N–H and O–H groups in total. The van der Waals surface area contributed by atoms with Gasteiger partial charge in [-0.15, -0.1) is 11.3 Å². The molecule has 11 heteroatoms. The number of ketones is 1. The number of nitrogens with zero attached hydrogens (tertiary/aromatic N) is 2. The minimum atomic E-state index is -5.08. The van der Waals surface area contributed by atoms with Crippen LogP contribution in [0.4, 0.5) is 13.2 Å². The highest BCUT2D eigenvalue weighted by molar-refractivity contribution is 7.13. The zero-order valence-corrected chi connectivity index (χ0v) is 14.3. The Morgan fingerprint density at radius 2 is 1.89 bits per heavy atom. The summed E-state index contributed by atoms with van der Waals surface area (Å²) < 4.78 is 33.6. The number of alkyl halides is 3. The molecular formula is C16H12F3N3O4S. The van der Waals surface area contributed by atoms with Gasteiger partial charge in [0, 0.05) is 6.20 Å². The second-order valence-electron chi connectivity index (χ2n) is 4.97. The maximum atomic E-state index is 11.8. The third kappa shape index (κ3) is 5.38. The number of halogens is 3. The molecule has 0 aromatic carbocycles. The van der Waals surface area contributed by atoms with Gasteiger partial charge in [0.05, 0.1) is 23.3 Å². The largest absolute Gasteiger partial charge is 0.490 e. The van der Waals surface area contributed by atoms with Crippen LogP contribution in [0.5, 0.6) is 0 Å². The Balaban J connectivity index is 0.000000321. The van der Waals surface area contributed by atoms with E-state index in [2.05, 4.69) is 10.3 Å². The molecule has 7 nitrogen and oxygen atoms in total. The lowest BCUT2D eigenvalue weighted by atomic mass is 10.3. The molecule has 0 spiro atoms. The molecule has 0 saturated heterocycles. The molecule has 27 heavy (non-hydrogen) atoms. The first kappa shape index (κ1) is 20.1. The first-order valence-corrected chi connectivity index (χ1v) is 8.15. The molecule has 0 saturated carbocycles. The zero-order chi connectivity index (χ0) is 20.0. The smallest absolute Gasteiger partial charge is 0.475 e. The van der Waals surface area contributed by atoms with Crippen molar-refractivity contribution >= 4 is 34.6 Å². The third-order valence-electron chi connectivity index (χ3n) is 3.12. The predicted octanol–water partition coefficient (Wildman–Crippen LogP) is 2.53. The van der Waals surface area contributed by atoms with E-state index in [-0.39, 0.29) is 6.54 Å². The average Bonchev–Trinajstić information content (AvgIpc) is 3.28. The van der Waals surface area contributed by atoms with Gasteiger partial charge in [0.2, 0.25) is 0 Å². The molecule has 0 aliphatic heterocycles. The molecule has 0 radical (unpaired) electrons. The number of fused-ring (bicyclic) bond motifs is 1. The first-order chi connectivity index (χ1) is 12.7. The number of hydrogen-bond acceptors (Lipinski definition) is 5. The number of carbonyl (C=O) groups is 3. The number of aliphatic carboxylic acids is 1. The van der Waals surface area contributed by atoms with Crippen LogP contribution >= 0.6 is 11.3 Å². The number of amides is 1. The fourth-order valence-corrected chi connectivity index (χ4v) is 2.55. The Hall–Kier alpha value is -3.21. The van der Waals surface area contributed by atoms with Gasteiger partial charge < -0.3 is 14.8 Å². The summed E-state index contributed by atoms with van der Waals surface area (Å²) >= 11 is 1.26. The highest BCUT2D eigenvalue weighted by atomic mass is 32.1. The Labute approximate surface area is 154 Å². The molecular weight excluding hydrogens is 387 g/mol. The molecule has 0 aliphatic carbocycles. The predicted molar refractivity (Wildman–Crippen MR) is 89.4 cm³/mol. The van der Waals surface area contributed by atoms with E-state index in [0.717, 1.165) is 11.3 Å². The normalized spacial score (nSPS) is 10.8. The van der Waals surface area contributed by atoms with Crippen LogP contribution in [0.1, 0.15) is 15.4 Å². The van der Waals surface area contributed by atoms with E-state index in [1.807, 2.05) is 28.8 Å². The summed E-state index contributed by atoms with van der Waals surface area (Å²) in [6.45, 7) is 0.265. The third-order valence-corrected chi connectivity index (χ3v) is 3.99. The number of thiophene rings is 1. The van der Waals surface area contributed by atoms with Crippen LogP contribution in [-0.2, 0) is 16.1 Å². The SMILES string of the molecule is O=C(NCc1cnc2ccccn12)C(=O)c1cccs1.O=C(O)C(F)(F)F. The van der Waals surface area contributed by atoms with Gasteiger partial charge in [-0.3, -0.25) is 9.59 Å². The number of imidazole rings is 1. The summed E-state index contributed by atoms with van der Waals surface area (Å²) in [4.78, 5) is 37.2. The Bertz CT molecular complexity index is 951. The first-order valence-electron chi connectivity index (χ1n) is 7.27. The van der Waals surface area contributed by atoms with Crippen molar-refractivity contribution in [1.82, 2.24) is 14.7 Å². The van der Waals surface area contributed by atoms with Crippen LogP contribution in [0.15, 0.2) is 48.1 Å². The number of nitrogens with one attached hydrogen (secondary N) is 1. The van der Waals surface area contributed by atoms with Gasteiger partial charge >= 0.3 is 12.1 Å². The Morgan fingerprint density at radius 3 is 2.48 bits per heavy atom. The standard InChI is InChI=1S/C14H11N3O2S.C2HF3O2/c18-13(11-4-3-7-20-11)14(19)16-9-10-8-15-12-5-1-2-6-17(10)12;3-2(4,5)1(6)7/h1-8H,9H2,(H,16,19);(H,6,7). The summed E-state index contributed by atoms with van der Waals surface area (Å²) in [5, 5.41) is 11.5. The van der Waals surface area contributed by atoms with Crippen molar-refractivity contribution in [2.45, 2.75) is 12.7 Å². The van der Waals surface area contributed by atoms with E-state index in [9.17, 15) is 22.8 Å². The monoisotopic (exact) mass is 399 g/mol. The van der Waals surface area contributed by atoms with Crippen molar-refractivity contribution in [1.29, 1.82) is 0 Å². The minimum absolute atomic E-state index is 0.265. The van der Waals surface area contributed by atoms with Crippen molar-refractivity contribution in [2.24, 2.45) is 0 Å². The van der Waals surface area contributed by atoms with Crippen LogP contribution in [0.3, 0.4) is 0 Å². The lowest BCUT2D eigenvalue weighted by molar-refractivity contribution is -0.192. The van der Waals surface area contributed by atoms with Crippen molar-refractivity contribution in [3.63, 3.8) is 0 Å². The molecule has 0 aliphatic rings. The maximum absolute atomic E-state index is 11.8. The number of rotatable bonds is 4. The lowest BCUT2D eigenvalue weighted by Crippen LogP contribution is -2.30. The molecule has 1 amide bonds. The molecule has 142 valence electrons. The van der Waals surface area contributed by atoms with Gasteiger partial charge in [0.15, 0.2) is 0 Å². The number of aromatic nitrogens is 2. The lowest BCUT2D eigenvalue weighted by Gasteiger charge is -2.03. The fraction of sp³-hybridized carbons (Fsp3) is 0.125. The molecule has 3 aromatic heterocycles. The van der Waals surface area contributed by atoms with Crippen LogP contribution in [0.2, 0.25) is 0 Å². The molecule has 0 unspecified atom stereocenters. The van der Waals surface area contributed by atoms with Crippen LogP contribution < -0.4 is 5.32 Å². The van der Waals surface area contributed by atoms with Gasteiger partial charge in [-0.25, -0.2) is 9.78 Å².